The lowest BCUT2D eigenvalue weighted by Crippen LogP contribution is -2.40. The molecule has 3 aromatic rings. The molecule has 0 N–H and O–H groups in total. The number of aryl methyl sites for hydroxylation is 1. The van der Waals surface area contributed by atoms with Crippen LogP contribution in [0, 0.1) is 0 Å². The first-order valence-electron chi connectivity index (χ1n) is 10.1. The SMILES string of the molecule is COC(=O)c1ccc(-c2ccc(CCC(=O)N3CCOCC3)c3cccnc23)cc1. The molecule has 2 aromatic carbocycles. The predicted octanol–water partition coefficient (Wildman–Crippen LogP) is 3.48. The number of rotatable bonds is 5. The zero-order valence-electron chi connectivity index (χ0n) is 17.0. The summed E-state index contributed by atoms with van der Waals surface area (Å²) >= 11 is 0. The summed E-state index contributed by atoms with van der Waals surface area (Å²) in [6, 6.07) is 15.4. The first kappa shape index (κ1) is 20.0. The molecule has 154 valence electrons. The molecule has 1 fully saturated rings. The number of benzene rings is 2. The highest BCUT2D eigenvalue weighted by atomic mass is 16.5. The van der Waals surface area contributed by atoms with Crippen LogP contribution in [-0.2, 0) is 20.7 Å². The zero-order valence-corrected chi connectivity index (χ0v) is 17.0. The third kappa shape index (κ3) is 4.19. The van der Waals surface area contributed by atoms with Gasteiger partial charge in [0, 0.05) is 36.7 Å². The third-order valence-corrected chi connectivity index (χ3v) is 5.45. The van der Waals surface area contributed by atoms with Gasteiger partial charge in [-0.05, 0) is 35.7 Å². The minimum atomic E-state index is -0.357. The van der Waals surface area contributed by atoms with Crippen molar-refractivity contribution in [3.63, 3.8) is 0 Å². The Balaban J connectivity index is 1.58. The molecule has 1 aromatic heterocycles. The number of aromatic nitrogens is 1. The molecular formula is C24H24N2O4. The Hall–Kier alpha value is -3.25. The summed E-state index contributed by atoms with van der Waals surface area (Å²) < 4.78 is 10.1. The van der Waals surface area contributed by atoms with Crippen LogP contribution < -0.4 is 0 Å². The van der Waals surface area contributed by atoms with Crippen molar-refractivity contribution in [2.24, 2.45) is 0 Å². The van der Waals surface area contributed by atoms with Crippen molar-refractivity contribution in [2.75, 3.05) is 33.4 Å². The van der Waals surface area contributed by atoms with Gasteiger partial charge in [-0.2, -0.15) is 0 Å². The smallest absolute Gasteiger partial charge is 0.337 e. The molecule has 1 amide bonds. The van der Waals surface area contributed by atoms with Gasteiger partial charge in [0.2, 0.25) is 5.91 Å². The largest absolute Gasteiger partial charge is 0.465 e. The van der Waals surface area contributed by atoms with Crippen molar-refractivity contribution < 1.29 is 19.1 Å². The van der Waals surface area contributed by atoms with E-state index in [1.54, 1.807) is 18.3 Å². The Labute approximate surface area is 175 Å². The summed E-state index contributed by atoms with van der Waals surface area (Å²) in [5.41, 5.74) is 4.47. The van der Waals surface area contributed by atoms with Crippen molar-refractivity contribution >= 4 is 22.8 Å². The van der Waals surface area contributed by atoms with Gasteiger partial charge in [-0.3, -0.25) is 9.78 Å². The highest BCUT2D eigenvalue weighted by Crippen LogP contribution is 2.30. The van der Waals surface area contributed by atoms with E-state index in [4.69, 9.17) is 9.47 Å². The molecule has 2 heterocycles. The highest BCUT2D eigenvalue weighted by molar-refractivity contribution is 5.96. The van der Waals surface area contributed by atoms with Crippen molar-refractivity contribution in [1.29, 1.82) is 0 Å². The topological polar surface area (TPSA) is 68.7 Å². The van der Waals surface area contributed by atoms with Crippen LogP contribution in [0.4, 0.5) is 0 Å². The van der Waals surface area contributed by atoms with Gasteiger partial charge in [-0.25, -0.2) is 4.79 Å². The van der Waals surface area contributed by atoms with Crippen molar-refractivity contribution in [2.45, 2.75) is 12.8 Å². The second-order valence-corrected chi connectivity index (χ2v) is 7.23. The lowest BCUT2D eigenvalue weighted by molar-refractivity contribution is -0.135. The van der Waals surface area contributed by atoms with E-state index in [0.717, 1.165) is 27.6 Å². The van der Waals surface area contributed by atoms with Gasteiger partial charge in [0.1, 0.15) is 0 Å². The van der Waals surface area contributed by atoms with Gasteiger partial charge in [-0.1, -0.05) is 30.3 Å². The Morgan fingerprint density at radius 2 is 1.83 bits per heavy atom. The molecule has 6 nitrogen and oxygen atoms in total. The summed E-state index contributed by atoms with van der Waals surface area (Å²) in [6.45, 7) is 2.56. The first-order chi connectivity index (χ1) is 14.7. The summed E-state index contributed by atoms with van der Waals surface area (Å²) in [5, 5.41) is 1.04. The van der Waals surface area contributed by atoms with Gasteiger partial charge in [-0.15, -0.1) is 0 Å². The molecule has 6 heteroatoms. The number of amides is 1. The van der Waals surface area contributed by atoms with E-state index < -0.39 is 0 Å². The lowest BCUT2D eigenvalue weighted by Gasteiger charge is -2.27. The Kier molecular flexibility index (Phi) is 6.05. The van der Waals surface area contributed by atoms with Crippen LogP contribution >= 0.6 is 0 Å². The van der Waals surface area contributed by atoms with E-state index in [0.29, 0.717) is 44.7 Å². The van der Waals surface area contributed by atoms with Gasteiger partial charge in [0.15, 0.2) is 0 Å². The number of carbonyl (C=O) groups is 2. The fourth-order valence-corrected chi connectivity index (χ4v) is 3.80. The number of nitrogens with zero attached hydrogens (tertiary/aromatic N) is 2. The van der Waals surface area contributed by atoms with E-state index in [1.807, 2.05) is 35.2 Å². The average molecular weight is 404 g/mol. The number of pyridine rings is 1. The van der Waals surface area contributed by atoms with Crippen LogP contribution in [0.1, 0.15) is 22.3 Å². The molecule has 0 spiro atoms. The summed E-state index contributed by atoms with van der Waals surface area (Å²) in [5.74, 6) is -0.192. The van der Waals surface area contributed by atoms with Crippen LogP contribution in [0.5, 0.6) is 0 Å². The molecular weight excluding hydrogens is 380 g/mol. The Morgan fingerprint density at radius 3 is 2.57 bits per heavy atom. The molecule has 4 rings (SSSR count). The fraction of sp³-hybridized carbons (Fsp3) is 0.292. The van der Waals surface area contributed by atoms with Crippen molar-refractivity contribution in [1.82, 2.24) is 9.88 Å². The van der Waals surface area contributed by atoms with Gasteiger partial charge < -0.3 is 14.4 Å². The molecule has 0 saturated carbocycles. The van der Waals surface area contributed by atoms with E-state index in [1.165, 1.54) is 7.11 Å². The second kappa shape index (κ2) is 9.05. The van der Waals surface area contributed by atoms with Gasteiger partial charge in [0.25, 0.3) is 0 Å². The minimum Gasteiger partial charge on any atom is -0.465 e. The number of carbonyl (C=O) groups excluding carboxylic acids is 2. The highest BCUT2D eigenvalue weighted by Gasteiger charge is 2.17. The van der Waals surface area contributed by atoms with Crippen molar-refractivity contribution in [3.8, 4) is 11.1 Å². The Morgan fingerprint density at radius 1 is 1.07 bits per heavy atom. The molecule has 30 heavy (non-hydrogen) atoms. The maximum atomic E-state index is 12.5. The van der Waals surface area contributed by atoms with Crippen LogP contribution in [0.25, 0.3) is 22.0 Å². The maximum Gasteiger partial charge on any atom is 0.337 e. The van der Waals surface area contributed by atoms with Gasteiger partial charge >= 0.3 is 5.97 Å². The number of fused-ring (bicyclic) bond motifs is 1. The molecule has 0 atom stereocenters. The third-order valence-electron chi connectivity index (χ3n) is 5.45. The molecule has 0 radical (unpaired) electrons. The fourth-order valence-electron chi connectivity index (χ4n) is 3.80. The molecule has 1 aliphatic heterocycles. The molecule has 1 aliphatic rings. The zero-order chi connectivity index (χ0) is 20.9. The van der Waals surface area contributed by atoms with Crippen LogP contribution in [-0.4, -0.2) is 55.2 Å². The first-order valence-corrected chi connectivity index (χ1v) is 10.1. The monoisotopic (exact) mass is 404 g/mol. The molecule has 0 aliphatic carbocycles. The second-order valence-electron chi connectivity index (χ2n) is 7.23. The maximum absolute atomic E-state index is 12.5. The number of hydrogen-bond donors (Lipinski definition) is 0. The quantitative estimate of drug-likeness (QED) is 0.609. The number of ether oxygens (including phenoxy) is 2. The standard InChI is InChI=1S/C24H24N2O4/c1-29-24(28)19-6-4-17(5-7-19)21-10-8-18(20-3-2-12-25-23(20)21)9-11-22(27)26-13-15-30-16-14-26/h2-8,10,12H,9,11,13-16H2,1H3. The number of methoxy groups -OCH3 is 1. The summed E-state index contributed by atoms with van der Waals surface area (Å²) in [7, 11) is 1.37. The molecule has 0 bridgehead atoms. The van der Waals surface area contributed by atoms with Crippen LogP contribution in [0.3, 0.4) is 0 Å². The van der Waals surface area contributed by atoms with E-state index in [9.17, 15) is 9.59 Å². The predicted molar refractivity (Wildman–Crippen MR) is 114 cm³/mol. The minimum absolute atomic E-state index is 0.165. The van der Waals surface area contributed by atoms with Gasteiger partial charge in [0.05, 0.1) is 31.4 Å². The molecule has 1 saturated heterocycles. The average Bonchev–Trinajstić information content (AvgIpc) is 2.82. The number of morpholine rings is 1. The number of hydrogen-bond acceptors (Lipinski definition) is 5. The lowest BCUT2D eigenvalue weighted by atomic mass is 9.96. The van der Waals surface area contributed by atoms with E-state index in [-0.39, 0.29) is 11.9 Å². The van der Waals surface area contributed by atoms with E-state index >= 15 is 0 Å². The number of esters is 1. The van der Waals surface area contributed by atoms with Crippen LogP contribution in [0.15, 0.2) is 54.7 Å². The Bertz CT molecular complexity index is 1060. The molecule has 0 unspecified atom stereocenters. The summed E-state index contributed by atoms with van der Waals surface area (Å²) in [4.78, 5) is 30.7. The normalized spacial score (nSPS) is 14.0. The van der Waals surface area contributed by atoms with E-state index in [2.05, 4.69) is 11.1 Å². The summed E-state index contributed by atoms with van der Waals surface area (Å²) in [6.07, 6.45) is 2.91. The van der Waals surface area contributed by atoms with Crippen LogP contribution in [0.2, 0.25) is 0 Å². The van der Waals surface area contributed by atoms with Crippen molar-refractivity contribution in [3.05, 3.63) is 65.9 Å².